The Morgan fingerprint density at radius 2 is 1.45 bits per heavy atom. The molecular formula is C6H7N5. The Labute approximate surface area is 62.4 Å². The molecule has 56 valence electrons. The van der Waals surface area contributed by atoms with Gasteiger partial charge in [-0.2, -0.15) is 0 Å². The van der Waals surface area contributed by atoms with Gasteiger partial charge >= 0.3 is 0 Å². The van der Waals surface area contributed by atoms with Crippen LogP contribution < -0.4 is 11.5 Å². The number of nitrogens with two attached hydrogens (primary N) is 2. The van der Waals surface area contributed by atoms with Gasteiger partial charge in [-0.3, -0.25) is 0 Å². The zero-order valence-electron chi connectivity index (χ0n) is 5.70. The van der Waals surface area contributed by atoms with Crippen molar-refractivity contribution in [1.82, 2.24) is 15.0 Å². The Hall–Kier alpha value is -1.78. The fourth-order valence-corrected chi connectivity index (χ4v) is 0.996. The number of anilines is 2. The van der Waals surface area contributed by atoms with Crippen LogP contribution in [-0.4, -0.2) is 15.0 Å². The summed E-state index contributed by atoms with van der Waals surface area (Å²) in [7, 11) is 0. The highest BCUT2D eigenvalue weighted by Gasteiger charge is 2.05. The van der Waals surface area contributed by atoms with Crippen LogP contribution in [0.2, 0.25) is 0 Å². The number of rotatable bonds is 0. The largest absolute Gasteiger partial charge is 0.383 e. The standard InChI is InChI=1S/C6H7N5/c7-5-3-4(6(8)11-5)10-2-1-9-3/h1-2,11H,7-8H2. The molecule has 2 aromatic heterocycles. The quantitative estimate of drug-likeness (QED) is 0.496. The van der Waals surface area contributed by atoms with Crippen molar-refractivity contribution in [2.75, 3.05) is 11.5 Å². The van der Waals surface area contributed by atoms with Gasteiger partial charge in [0.2, 0.25) is 0 Å². The molecule has 11 heavy (non-hydrogen) atoms. The summed E-state index contributed by atoms with van der Waals surface area (Å²) >= 11 is 0. The summed E-state index contributed by atoms with van der Waals surface area (Å²) in [5, 5.41) is 0. The summed E-state index contributed by atoms with van der Waals surface area (Å²) in [6.07, 6.45) is 3.15. The molecule has 0 amide bonds. The molecule has 0 saturated carbocycles. The predicted octanol–water partition coefficient (Wildman–Crippen LogP) is 0.122. The van der Waals surface area contributed by atoms with E-state index >= 15 is 0 Å². The molecule has 2 aromatic rings. The lowest BCUT2D eigenvalue weighted by Gasteiger charge is -1.86. The first kappa shape index (κ1) is 5.96. The van der Waals surface area contributed by atoms with Crippen LogP contribution in [0.25, 0.3) is 11.0 Å². The maximum Gasteiger partial charge on any atom is 0.132 e. The van der Waals surface area contributed by atoms with Gasteiger partial charge in [0.05, 0.1) is 0 Å². The number of nitrogens with zero attached hydrogens (tertiary/aromatic N) is 2. The van der Waals surface area contributed by atoms with E-state index in [0.717, 1.165) is 0 Å². The first-order valence-electron chi connectivity index (χ1n) is 3.12. The fourth-order valence-electron chi connectivity index (χ4n) is 0.996. The van der Waals surface area contributed by atoms with E-state index in [9.17, 15) is 0 Å². The molecule has 5 heteroatoms. The fraction of sp³-hybridized carbons (Fsp3) is 0. The lowest BCUT2D eigenvalue weighted by molar-refractivity contribution is 1.31. The van der Waals surface area contributed by atoms with E-state index in [2.05, 4.69) is 15.0 Å². The molecule has 0 fully saturated rings. The minimum absolute atomic E-state index is 0.464. The lowest BCUT2D eigenvalue weighted by Crippen LogP contribution is -1.86. The topological polar surface area (TPSA) is 93.6 Å². The average Bonchev–Trinajstić information content (AvgIpc) is 2.30. The van der Waals surface area contributed by atoms with Crippen molar-refractivity contribution >= 4 is 22.7 Å². The predicted molar refractivity (Wildman–Crippen MR) is 42.7 cm³/mol. The van der Waals surface area contributed by atoms with Gasteiger partial charge < -0.3 is 16.5 Å². The molecule has 0 aromatic carbocycles. The van der Waals surface area contributed by atoms with Crippen molar-refractivity contribution in [1.29, 1.82) is 0 Å². The zero-order valence-corrected chi connectivity index (χ0v) is 5.70. The second-order valence-corrected chi connectivity index (χ2v) is 2.21. The van der Waals surface area contributed by atoms with Gasteiger partial charge in [0, 0.05) is 12.4 Å². The van der Waals surface area contributed by atoms with Gasteiger partial charge in [0.1, 0.15) is 22.7 Å². The van der Waals surface area contributed by atoms with Crippen LogP contribution in [0.4, 0.5) is 11.6 Å². The highest BCUT2D eigenvalue weighted by molar-refractivity contribution is 5.93. The van der Waals surface area contributed by atoms with Crippen LogP contribution in [0, 0.1) is 0 Å². The normalized spacial score (nSPS) is 10.5. The molecule has 5 nitrogen and oxygen atoms in total. The first-order valence-corrected chi connectivity index (χ1v) is 3.12. The minimum Gasteiger partial charge on any atom is -0.383 e. The number of nitrogens with one attached hydrogen (secondary N) is 1. The Morgan fingerprint density at radius 3 is 1.91 bits per heavy atom. The molecule has 0 radical (unpaired) electrons. The first-order chi connectivity index (χ1) is 5.29. The van der Waals surface area contributed by atoms with Crippen LogP contribution in [0.5, 0.6) is 0 Å². The van der Waals surface area contributed by atoms with Crippen LogP contribution in [0.15, 0.2) is 12.4 Å². The highest BCUT2D eigenvalue weighted by atomic mass is 15.0. The summed E-state index contributed by atoms with van der Waals surface area (Å²) < 4.78 is 0. The third kappa shape index (κ3) is 0.706. The summed E-state index contributed by atoms with van der Waals surface area (Å²) in [4.78, 5) is 10.8. The van der Waals surface area contributed by atoms with Crippen molar-refractivity contribution in [3.05, 3.63) is 12.4 Å². The van der Waals surface area contributed by atoms with E-state index in [0.29, 0.717) is 22.7 Å². The Balaban J connectivity index is 2.95. The van der Waals surface area contributed by atoms with Crippen molar-refractivity contribution in [2.24, 2.45) is 0 Å². The van der Waals surface area contributed by atoms with Gasteiger partial charge in [-0.15, -0.1) is 0 Å². The van der Waals surface area contributed by atoms with Gasteiger partial charge in [-0.25, -0.2) is 9.97 Å². The monoisotopic (exact) mass is 149 g/mol. The second-order valence-electron chi connectivity index (χ2n) is 2.21. The Kier molecular flexibility index (Phi) is 1.00. The van der Waals surface area contributed by atoms with Crippen molar-refractivity contribution in [2.45, 2.75) is 0 Å². The molecule has 2 heterocycles. The van der Waals surface area contributed by atoms with Crippen LogP contribution in [-0.2, 0) is 0 Å². The number of aromatic amines is 1. The molecule has 0 aliphatic carbocycles. The van der Waals surface area contributed by atoms with Gasteiger partial charge in [-0.1, -0.05) is 0 Å². The molecule has 0 atom stereocenters. The van der Waals surface area contributed by atoms with Gasteiger partial charge in [0.15, 0.2) is 0 Å². The summed E-state index contributed by atoms with van der Waals surface area (Å²) in [6.45, 7) is 0. The summed E-state index contributed by atoms with van der Waals surface area (Å²) in [5.74, 6) is 0.927. The van der Waals surface area contributed by atoms with E-state index in [-0.39, 0.29) is 0 Å². The van der Waals surface area contributed by atoms with Crippen LogP contribution in [0.1, 0.15) is 0 Å². The number of hydrogen-bond donors (Lipinski definition) is 3. The van der Waals surface area contributed by atoms with Gasteiger partial charge in [-0.05, 0) is 0 Å². The molecule has 0 aliphatic heterocycles. The number of fused-ring (bicyclic) bond motifs is 1. The van der Waals surface area contributed by atoms with E-state index in [1.165, 1.54) is 0 Å². The number of hydrogen-bond acceptors (Lipinski definition) is 4. The minimum atomic E-state index is 0.464. The summed E-state index contributed by atoms with van der Waals surface area (Å²) in [6, 6.07) is 0. The maximum atomic E-state index is 5.54. The molecule has 0 bridgehead atoms. The van der Waals surface area contributed by atoms with Crippen molar-refractivity contribution in [3.8, 4) is 0 Å². The third-order valence-electron chi connectivity index (χ3n) is 1.48. The molecule has 0 saturated heterocycles. The zero-order chi connectivity index (χ0) is 7.84. The van der Waals surface area contributed by atoms with Crippen molar-refractivity contribution in [3.63, 3.8) is 0 Å². The second kappa shape index (κ2) is 1.85. The van der Waals surface area contributed by atoms with E-state index in [1.807, 2.05) is 0 Å². The van der Waals surface area contributed by atoms with Crippen LogP contribution >= 0.6 is 0 Å². The molecule has 0 spiro atoms. The molecule has 0 aliphatic rings. The average molecular weight is 149 g/mol. The number of H-pyrrole nitrogens is 1. The molecule has 5 N–H and O–H groups in total. The van der Waals surface area contributed by atoms with E-state index in [4.69, 9.17) is 11.5 Å². The molecular weight excluding hydrogens is 142 g/mol. The lowest BCUT2D eigenvalue weighted by atomic mass is 10.4. The highest BCUT2D eigenvalue weighted by Crippen LogP contribution is 2.20. The summed E-state index contributed by atoms with van der Waals surface area (Å²) in [5.41, 5.74) is 12.3. The van der Waals surface area contributed by atoms with Crippen LogP contribution in [0.3, 0.4) is 0 Å². The molecule has 0 unspecified atom stereocenters. The number of nitrogen functional groups attached to an aromatic ring is 2. The molecule has 2 rings (SSSR count). The number of aromatic nitrogens is 3. The Bertz CT molecular complexity index is 355. The van der Waals surface area contributed by atoms with E-state index in [1.54, 1.807) is 12.4 Å². The smallest absolute Gasteiger partial charge is 0.132 e. The van der Waals surface area contributed by atoms with Gasteiger partial charge in [0.25, 0.3) is 0 Å². The maximum absolute atomic E-state index is 5.54. The Morgan fingerprint density at radius 1 is 1.00 bits per heavy atom. The van der Waals surface area contributed by atoms with E-state index < -0.39 is 0 Å². The van der Waals surface area contributed by atoms with Crippen molar-refractivity contribution < 1.29 is 0 Å². The SMILES string of the molecule is Nc1[nH]c(N)c2nccnc12. The third-order valence-corrected chi connectivity index (χ3v) is 1.48.